The van der Waals surface area contributed by atoms with Gasteiger partial charge in [-0.3, -0.25) is 0 Å². The van der Waals surface area contributed by atoms with Gasteiger partial charge in [0.05, 0.1) is 5.69 Å². The van der Waals surface area contributed by atoms with Crippen molar-refractivity contribution in [1.29, 1.82) is 0 Å². The molecule has 1 aromatic carbocycles. The van der Waals surface area contributed by atoms with Crippen molar-refractivity contribution in [3.05, 3.63) is 29.6 Å². The molecule has 1 fully saturated rings. The van der Waals surface area contributed by atoms with Crippen molar-refractivity contribution in [2.24, 2.45) is 11.7 Å². The lowest BCUT2D eigenvalue weighted by Crippen LogP contribution is -2.35. The van der Waals surface area contributed by atoms with Gasteiger partial charge in [-0.1, -0.05) is 19.1 Å². The normalized spacial score (nSPS) is 23.1. The Hall–Kier alpha value is -1.16. The highest BCUT2D eigenvalue weighted by atomic mass is 32.1. The zero-order valence-electron chi connectivity index (χ0n) is 11.5. The lowest BCUT2D eigenvalue weighted by Gasteiger charge is -2.35. The van der Waals surface area contributed by atoms with Crippen LogP contribution in [-0.4, -0.2) is 18.1 Å². The van der Waals surface area contributed by atoms with E-state index in [2.05, 4.69) is 11.8 Å². The molecule has 0 bridgehead atoms. The van der Waals surface area contributed by atoms with Crippen molar-refractivity contribution in [3.63, 3.8) is 0 Å². The van der Waals surface area contributed by atoms with Crippen molar-refractivity contribution in [2.75, 3.05) is 11.9 Å². The second kappa shape index (κ2) is 5.87. The van der Waals surface area contributed by atoms with E-state index in [9.17, 15) is 4.39 Å². The summed E-state index contributed by atoms with van der Waals surface area (Å²) in [5.74, 6) is 0.554. The first-order valence-electron chi connectivity index (χ1n) is 6.81. The maximum atomic E-state index is 14.1. The largest absolute Gasteiger partial charge is 0.389 e. The van der Waals surface area contributed by atoms with Crippen molar-refractivity contribution in [3.8, 4) is 0 Å². The molecule has 0 heterocycles. The van der Waals surface area contributed by atoms with Crippen molar-refractivity contribution >= 4 is 22.9 Å². The van der Waals surface area contributed by atoms with Crippen molar-refractivity contribution in [1.82, 2.24) is 0 Å². The fourth-order valence-electron chi connectivity index (χ4n) is 2.77. The van der Waals surface area contributed by atoms with Crippen molar-refractivity contribution in [2.45, 2.75) is 38.6 Å². The molecule has 0 aliphatic heterocycles. The fourth-order valence-corrected chi connectivity index (χ4v) is 2.90. The number of benzene rings is 1. The van der Waals surface area contributed by atoms with Crippen LogP contribution in [0.2, 0.25) is 0 Å². The van der Waals surface area contributed by atoms with Gasteiger partial charge in [0.25, 0.3) is 0 Å². The van der Waals surface area contributed by atoms with E-state index in [1.807, 2.05) is 7.05 Å². The number of nitrogens with zero attached hydrogens (tertiary/aromatic N) is 1. The van der Waals surface area contributed by atoms with Gasteiger partial charge in [-0.05, 0) is 49.8 Å². The highest BCUT2D eigenvalue weighted by Gasteiger charge is 2.23. The molecule has 1 aliphatic rings. The molecule has 0 atom stereocenters. The average molecular weight is 280 g/mol. The molecule has 4 heteroatoms. The van der Waals surface area contributed by atoms with Gasteiger partial charge in [-0.2, -0.15) is 0 Å². The van der Waals surface area contributed by atoms with E-state index < -0.39 is 0 Å². The Morgan fingerprint density at radius 1 is 1.32 bits per heavy atom. The maximum absolute atomic E-state index is 14.1. The molecule has 1 aliphatic carbocycles. The fraction of sp³-hybridized carbons (Fsp3) is 0.533. The van der Waals surface area contributed by atoms with E-state index in [0.29, 0.717) is 17.3 Å². The van der Waals surface area contributed by atoms with Crippen LogP contribution in [0.5, 0.6) is 0 Å². The van der Waals surface area contributed by atoms with Crippen LogP contribution in [0, 0.1) is 11.7 Å². The molecule has 0 amide bonds. The molecule has 1 aromatic rings. The lowest BCUT2D eigenvalue weighted by molar-refractivity contribution is 0.339. The molecule has 0 spiro atoms. The van der Waals surface area contributed by atoms with E-state index >= 15 is 0 Å². The second-order valence-corrected chi connectivity index (χ2v) is 5.99. The van der Waals surface area contributed by atoms with E-state index in [-0.39, 0.29) is 10.8 Å². The number of anilines is 1. The SMILES string of the molecule is CC1CCC(N(C)c2ccc(C(N)=S)cc2F)CC1. The van der Waals surface area contributed by atoms with Crippen LogP contribution in [0.4, 0.5) is 10.1 Å². The molecule has 1 saturated carbocycles. The van der Waals surface area contributed by atoms with Crippen molar-refractivity contribution < 1.29 is 4.39 Å². The Morgan fingerprint density at radius 2 is 1.95 bits per heavy atom. The molecular formula is C15H21FN2S. The van der Waals surface area contributed by atoms with E-state index in [1.54, 1.807) is 12.1 Å². The minimum Gasteiger partial charge on any atom is -0.389 e. The predicted octanol–water partition coefficient (Wildman–Crippen LogP) is 3.47. The van der Waals surface area contributed by atoms with Gasteiger partial charge in [0, 0.05) is 18.7 Å². The monoisotopic (exact) mass is 280 g/mol. The number of hydrogen-bond acceptors (Lipinski definition) is 2. The molecule has 2 nitrogen and oxygen atoms in total. The zero-order chi connectivity index (χ0) is 14.0. The summed E-state index contributed by atoms with van der Waals surface area (Å²) in [5, 5.41) is 0. The minimum atomic E-state index is -0.244. The van der Waals surface area contributed by atoms with Gasteiger partial charge in [0.15, 0.2) is 0 Å². The summed E-state index contributed by atoms with van der Waals surface area (Å²) in [6.07, 6.45) is 4.71. The molecule has 2 rings (SSSR count). The topological polar surface area (TPSA) is 29.3 Å². The first kappa shape index (κ1) is 14.3. The summed E-state index contributed by atoms with van der Waals surface area (Å²) in [7, 11) is 1.97. The first-order valence-corrected chi connectivity index (χ1v) is 7.22. The van der Waals surface area contributed by atoms with Crippen LogP contribution in [0.15, 0.2) is 18.2 Å². The third-order valence-electron chi connectivity index (χ3n) is 4.15. The standard InChI is InChI=1S/C15H21FN2S/c1-10-3-6-12(7-4-10)18(2)14-8-5-11(15(17)19)9-13(14)16/h5,8-10,12H,3-4,6-7H2,1-2H3,(H2,17,19). The molecule has 0 radical (unpaired) electrons. The molecular weight excluding hydrogens is 259 g/mol. The molecule has 0 saturated heterocycles. The van der Waals surface area contributed by atoms with Gasteiger partial charge >= 0.3 is 0 Å². The van der Waals surface area contributed by atoms with Crippen LogP contribution in [0.25, 0.3) is 0 Å². The minimum absolute atomic E-state index is 0.236. The second-order valence-electron chi connectivity index (χ2n) is 5.56. The lowest BCUT2D eigenvalue weighted by atomic mass is 9.86. The Morgan fingerprint density at radius 3 is 2.47 bits per heavy atom. The van der Waals surface area contributed by atoms with Gasteiger partial charge in [0.2, 0.25) is 0 Å². The Kier molecular flexibility index (Phi) is 4.40. The summed E-state index contributed by atoms with van der Waals surface area (Å²) in [4.78, 5) is 2.30. The Balaban J connectivity index is 2.15. The van der Waals surface area contributed by atoms with Crippen LogP contribution < -0.4 is 10.6 Å². The van der Waals surface area contributed by atoms with Crippen LogP contribution in [0.1, 0.15) is 38.2 Å². The highest BCUT2D eigenvalue weighted by Crippen LogP contribution is 2.30. The molecule has 0 aromatic heterocycles. The van der Waals surface area contributed by atoms with Gasteiger partial charge in [-0.25, -0.2) is 4.39 Å². The maximum Gasteiger partial charge on any atom is 0.147 e. The molecule has 104 valence electrons. The Labute approximate surface area is 119 Å². The van der Waals surface area contributed by atoms with Crippen LogP contribution >= 0.6 is 12.2 Å². The zero-order valence-corrected chi connectivity index (χ0v) is 12.3. The average Bonchev–Trinajstić information content (AvgIpc) is 2.38. The van der Waals surface area contributed by atoms with E-state index in [1.165, 1.54) is 18.9 Å². The molecule has 19 heavy (non-hydrogen) atoms. The number of halogens is 1. The Bertz CT molecular complexity index is 467. The van der Waals surface area contributed by atoms with E-state index in [4.69, 9.17) is 18.0 Å². The third-order valence-corrected chi connectivity index (χ3v) is 4.38. The smallest absolute Gasteiger partial charge is 0.147 e. The summed E-state index contributed by atoms with van der Waals surface area (Å²) < 4.78 is 14.1. The highest BCUT2D eigenvalue weighted by molar-refractivity contribution is 7.80. The summed E-state index contributed by atoms with van der Waals surface area (Å²) in [6.45, 7) is 2.29. The van der Waals surface area contributed by atoms with Crippen LogP contribution in [-0.2, 0) is 0 Å². The van der Waals surface area contributed by atoms with Gasteiger partial charge < -0.3 is 10.6 Å². The molecule has 2 N–H and O–H groups in total. The van der Waals surface area contributed by atoms with E-state index in [0.717, 1.165) is 18.8 Å². The summed E-state index contributed by atoms with van der Waals surface area (Å²) in [5.41, 5.74) is 6.74. The summed E-state index contributed by atoms with van der Waals surface area (Å²) in [6, 6.07) is 5.44. The number of rotatable bonds is 3. The summed E-state index contributed by atoms with van der Waals surface area (Å²) >= 11 is 4.87. The first-order chi connectivity index (χ1) is 8.99. The number of nitrogens with two attached hydrogens (primary N) is 1. The van der Waals surface area contributed by atoms with Crippen LogP contribution in [0.3, 0.4) is 0 Å². The third kappa shape index (κ3) is 3.24. The number of thiocarbonyl (C=S) groups is 1. The van der Waals surface area contributed by atoms with Gasteiger partial charge in [-0.15, -0.1) is 0 Å². The predicted molar refractivity (Wildman–Crippen MR) is 82.1 cm³/mol. The number of hydrogen-bond donors (Lipinski definition) is 1. The van der Waals surface area contributed by atoms with Gasteiger partial charge in [0.1, 0.15) is 10.8 Å². The quantitative estimate of drug-likeness (QED) is 0.860. The molecule has 0 unspecified atom stereocenters.